The van der Waals surface area contributed by atoms with Crippen LogP contribution in [0.5, 0.6) is 0 Å². The van der Waals surface area contributed by atoms with E-state index in [9.17, 15) is 13.6 Å². The Hall–Kier alpha value is -1.20. The summed E-state index contributed by atoms with van der Waals surface area (Å²) in [6.45, 7) is 1.57. The van der Waals surface area contributed by atoms with E-state index in [1.807, 2.05) is 0 Å². The molecule has 0 aliphatic heterocycles. The molecule has 0 heterocycles. The highest BCUT2D eigenvalue weighted by Gasteiger charge is 2.20. The molecule has 20 heavy (non-hydrogen) atoms. The topological polar surface area (TPSA) is 41.1 Å². The number of rotatable bonds is 7. The summed E-state index contributed by atoms with van der Waals surface area (Å²) in [4.78, 5) is 11.4. The number of halogens is 3. The van der Waals surface area contributed by atoms with Gasteiger partial charge in [0.25, 0.3) is 0 Å². The van der Waals surface area contributed by atoms with Gasteiger partial charge >= 0.3 is 0 Å². The SMILES string of the molecule is Cl.O=C(CNCC1CC1)NCCc1cc(F)cc(F)c1. The number of carbonyl (C=O) groups is 1. The third-order valence-electron chi connectivity index (χ3n) is 3.07. The molecule has 1 saturated carbocycles. The van der Waals surface area contributed by atoms with Gasteiger partial charge < -0.3 is 10.6 Å². The summed E-state index contributed by atoms with van der Waals surface area (Å²) in [7, 11) is 0. The Morgan fingerprint density at radius 2 is 1.85 bits per heavy atom. The smallest absolute Gasteiger partial charge is 0.233 e. The molecular formula is C14H19ClF2N2O. The summed E-state index contributed by atoms with van der Waals surface area (Å²) in [6.07, 6.45) is 2.92. The lowest BCUT2D eigenvalue weighted by atomic mass is 10.1. The van der Waals surface area contributed by atoms with Gasteiger partial charge in [-0.15, -0.1) is 12.4 Å². The molecule has 2 rings (SSSR count). The van der Waals surface area contributed by atoms with Crippen LogP contribution < -0.4 is 10.6 Å². The van der Waals surface area contributed by atoms with Crippen LogP contribution in [0, 0.1) is 17.6 Å². The molecule has 0 unspecified atom stereocenters. The first-order chi connectivity index (χ1) is 9.13. The summed E-state index contributed by atoms with van der Waals surface area (Å²) in [5.41, 5.74) is 0.545. The first-order valence-corrected chi connectivity index (χ1v) is 6.56. The van der Waals surface area contributed by atoms with Gasteiger partial charge in [0.2, 0.25) is 5.91 Å². The first-order valence-electron chi connectivity index (χ1n) is 6.56. The zero-order valence-corrected chi connectivity index (χ0v) is 11.9. The van der Waals surface area contributed by atoms with Crippen molar-refractivity contribution in [3.63, 3.8) is 0 Å². The zero-order valence-electron chi connectivity index (χ0n) is 11.1. The van der Waals surface area contributed by atoms with E-state index in [0.29, 0.717) is 25.1 Å². The maximum atomic E-state index is 12.9. The normalized spacial score (nSPS) is 13.7. The van der Waals surface area contributed by atoms with Crippen molar-refractivity contribution in [2.45, 2.75) is 19.3 Å². The van der Waals surface area contributed by atoms with Crippen molar-refractivity contribution in [1.82, 2.24) is 10.6 Å². The predicted octanol–water partition coefficient (Wildman–Crippen LogP) is 2.04. The second-order valence-electron chi connectivity index (χ2n) is 4.95. The molecule has 2 N–H and O–H groups in total. The zero-order chi connectivity index (χ0) is 13.7. The van der Waals surface area contributed by atoms with Crippen molar-refractivity contribution in [2.75, 3.05) is 19.6 Å². The molecule has 1 fully saturated rings. The van der Waals surface area contributed by atoms with Crippen LogP contribution >= 0.6 is 12.4 Å². The lowest BCUT2D eigenvalue weighted by Gasteiger charge is -2.06. The lowest BCUT2D eigenvalue weighted by Crippen LogP contribution is -2.35. The summed E-state index contributed by atoms with van der Waals surface area (Å²) in [5.74, 6) is -0.527. The molecule has 0 aromatic heterocycles. The largest absolute Gasteiger partial charge is 0.355 e. The Morgan fingerprint density at radius 3 is 2.45 bits per heavy atom. The van der Waals surface area contributed by atoms with Crippen LogP contribution in [-0.4, -0.2) is 25.5 Å². The Labute approximate surface area is 123 Å². The highest BCUT2D eigenvalue weighted by Crippen LogP contribution is 2.27. The Kier molecular flexibility index (Phi) is 6.88. The Morgan fingerprint density at radius 1 is 1.20 bits per heavy atom. The van der Waals surface area contributed by atoms with Gasteiger partial charge in [-0.3, -0.25) is 4.79 Å². The molecule has 1 aliphatic carbocycles. The lowest BCUT2D eigenvalue weighted by molar-refractivity contribution is -0.120. The standard InChI is InChI=1S/C14H18F2N2O.ClH/c15-12-5-11(6-13(16)7-12)3-4-18-14(19)9-17-8-10-1-2-10;/h5-7,10,17H,1-4,8-9H2,(H,18,19);1H. The first kappa shape index (κ1) is 16.9. The predicted molar refractivity (Wildman–Crippen MR) is 75.9 cm³/mol. The maximum absolute atomic E-state index is 12.9. The van der Waals surface area contributed by atoms with E-state index >= 15 is 0 Å². The highest BCUT2D eigenvalue weighted by atomic mass is 35.5. The van der Waals surface area contributed by atoms with Crippen molar-refractivity contribution in [3.05, 3.63) is 35.4 Å². The van der Waals surface area contributed by atoms with E-state index in [2.05, 4.69) is 10.6 Å². The number of benzene rings is 1. The van der Waals surface area contributed by atoms with E-state index in [1.54, 1.807) is 0 Å². The van der Waals surface area contributed by atoms with Crippen LogP contribution in [0.1, 0.15) is 18.4 Å². The molecule has 1 amide bonds. The van der Waals surface area contributed by atoms with Crippen molar-refractivity contribution in [3.8, 4) is 0 Å². The number of amides is 1. The van der Waals surface area contributed by atoms with Gasteiger partial charge in [-0.2, -0.15) is 0 Å². The average Bonchev–Trinajstić information content (AvgIpc) is 3.11. The van der Waals surface area contributed by atoms with Crippen molar-refractivity contribution in [1.29, 1.82) is 0 Å². The number of hydrogen-bond donors (Lipinski definition) is 2. The van der Waals surface area contributed by atoms with E-state index in [1.165, 1.54) is 25.0 Å². The average molecular weight is 305 g/mol. The molecule has 6 heteroatoms. The molecule has 1 aromatic rings. The molecule has 3 nitrogen and oxygen atoms in total. The highest BCUT2D eigenvalue weighted by molar-refractivity contribution is 5.85. The van der Waals surface area contributed by atoms with Crippen LogP contribution in [0.15, 0.2) is 18.2 Å². The second kappa shape index (κ2) is 8.17. The quantitative estimate of drug-likeness (QED) is 0.809. The van der Waals surface area contributed by atoms with Gasteiger partial charge in [0.15, 0.2) is 0 Å². The molecule has 1 aliphatic rings. The third kappa shape index (κ3) is 6.30. The number of hydrogen-bond acceptors (Lipinski definition) is 2. The fraction of sp³-hybridized carbons (Fsp3) is 0.500. The van der Waals surface area contributed by atoms with Crippen LogP contribution in [0.25, 0.3) is 0 Å². The minimum Gasteiger partial charge on any atom is -0.355 e. The Bertz CT molecular complexity index is 433. The summed E-state index contributed by atoms with van der Waals surface area (Å²) in [6, 6.07) is 3.39. The van der Waals surface area contributed by atoms with E-state index in [0.717, 1.165) is 18.5 Å². The van der Waals surface area contributed by atoms with Crippen LogP contribution in [0.2, 0.25) is 0 Å². The Balaban J connectivity index is 0.00000200. The van der Waals surface area contributed by atoms with Crippen LogP contribution in [0.3, 0.4) is 0 Å². The van der Waals surface area contributed by atoms with Gasteiger partial charge in [-0.1, -0.05) is 0 Å². The molecule has 112 valence electrons. The number of carbonyl (C=O) groups excluding carboxylic acids is 1. The van der Waals surface area contributed by atoms with Crippen molar-refractivity contribution in [2.24, 2.45) is 5.92 Å². The summed E-state index contributed by atoms with van der Waals surface area (Å²) < 4.78 is 25.8. The molecule has 0 atom stereocenters. The number of nitrogens with one attached hydrogen (secondary N) is 2. The van der Waals surface area contributed by atoms with E-state index in [-0.39, 0.29) is 18.3 Å². The van der Waals surface area contributed by atoms with Crippen molar-refractivity contribution < 1.29 is 13.6 Å². The minimum absolute atomic E-state index is 0. The fourth-order valence-corrected chi connectivity index (χ4v) is 1.88. The minimum atomic E-state index is -0.590. The van der Waals surface area contributed by atoms with Gasteiger partial charge in [0, 0.05) is 12.6 Å². The molecule has 0 radical (unpaired) electrons. The second-order valence-corrected chi connectivity index (χ2v) is 4.95. The van der Waals surface area contributed by atoms with Crippen molar-refractivity contribution >= 4 is 18.3 Å². The molecule has 0 saturated heterocycles. The molecule has 0 spiro atoms. The van der Waals surface area contributed by atoms with E-state index in [4.69, 9.17) is 0 Å². The molecule has 0 bridgehead atoms. The van der Waals surface area contributed by atoms with Gasteiger partial charge in [-0.25, -0.2) is 8.78 Å². The fourth-order valence-electron chi connectivity index (χ4n) is 1.88. The monoisotopic (exact) mass is 304 g/mol. The van der Waals surface area contributed by atoms with Gasteiger partial charge in [0.05, 0.1) is 6.54 Å². The van der Waals surface area contributed by atoms with Gasteiger partial charge in [0.1, 0.15) is 11.6 Å². The summed E-state index contributed by atoms with van der Waals surface area (Å²) >= 11 is 0. The molecule has 1 aromatic carbocycles. The van der Waals surface area contributed by atoms with Crippen LogP contribution in [-0.2, 0) is 11.2 Å². The van der Waals surface area contributed by atoms with Gasteiger partial charge in [-0.05, 0) is 49.4 Å². The van der Waals surface area contributed by atoms with E-state index < -0.39 is 11.6 Å². The maximum Gasteiger partial charge on any atom is 0.233 e. The summed E-state index contributed by atoms with van der Waals surface area (Å²) in [5, 5.41) is 5.80. The van der Waals surface area contributed by atoms with Crippen LogP contribution in [0.4, 0.5) is 8.78 Å². The molecular weight excluding hydrogens is 286 g/mol. The third-order valence-corrected chi connectivity index (χ3v) is 3.07.